The molecular formula is C8H19OPS2. The van der Waals surface area contributed by atoms with Gasteiger partial charge in [-0.1, -0.05) is 50.5 Å². The second-order valence-electron chi connectivity index (χ2n) is 3.81. The maximum Gasteiger partial charge on any atom is 0.188 e. The van der Waals surface area contributed by atoms with E-state index in [1.165, 1.54) is 0 Å². The van der Waals surface area contributed by atoms with Crippen LogP contribution >= 0.6 is 28.3 Å². The van der Waals surface area contributed by atoms with Crippen LogP contribution in [-0.2, 0) is 4.57 Å². The molecule has 0 aromatic carbocycles. The Bertz CT molecular complexity index is 174. The van der Waals surface area contributed by atoms with Crippen LogP contribution in [-0.4, -0.2) is 17.2 Å². The van der Waals surface area contributed by atoms with Crippen LogP contribution in [0.2, 0.25) is 0 Å². The molecule has 1 unspecified atom stereocenters. The molecule has 1 nitrogen and oxygen atoms in total. The first-order chi connectivity index (χ1) is 5.27. The highest BCUT2D eigenvalue weighted by Crippen LogP contribution is 2.69. The maximum absolute atomic E-state index is 11.9. The Morgan fingerprint density at radius 3 is 2.17 bits per heavy atom. The number of hydrogen-bond donors (Lipinski definition) is 0. The molecule has 0 aliphatic rings. The molecule has 0 saturated carbocycles. The third kappa shape index (κ3) is 7.57. The quantitative estimate of drug-likeness (QED) is 0.658. The van der Waals surface area contributed by atoms with Gasteiger partial charge >= 0.3 is 0 Å². The Hall–Kier alpha value is 0.930. The van der Waals surface area contributed by atoms with Gasteiger partial charge in [-0.25, -0.2) is 0 Å². The van der Waals surface area contributed by atoms with Gasteiger partial charge in [0.15, 0.2) is 5.55 Å². The average molecular weight is 226 g/mol. The summed E-state index contributed by atoms with van der Waals surface area (Å²) in [6, 6.07) is 0. The lowest BCUT2D eigenvalue weighted by Crippen LogP contribution is -2.05. The topological polar surface area (TPSA) is 17.1 Å². The first kappa shape index (κ1) is 12.9. The summed E-state index contributed by atoms with van der Waals surface area (Å²) in [6.45, 7) is 10.3. The molecule has 0 aromatic heterocycles. The molecule has 0 bridgehead atoms. The Morgan fingerprint density at radius 2 is 1.83 bits per heavy atom. The third-order valence-corrected chi connectivity index (χ3v) is 9.12. The highest BCUT2D eigenvalue weighted by Gasteiger charge is 2.24. The van der Waals surface area contributed by atoms with Gasteiger partial charge in [-0.2, -0.15) is 0 Å². The Morgan fingerprint density at radius 1 is 1.33 bits per heavy atom. The van der Waals surface area contributed by atoms with E-state index < -0.39 is 5.55 Å². The first-order valence-electron chi connectivity index (χ1n) is 4.19. The van der Waals surface area contributed by atoms with Crippen molar-refractivity contribution in [3.8, 4) is 0 Å². The maximum atomic E-state index is 11.9. The van der Waals surface area contributed by atoms with Crippen LogP contribution in [0.1, 0.15) is 34.1 Å². The molecule has 0 fully saturated rings. The summed E-state index contributed by atoms with van der Waals surface area (Å²) in [5.41, 5.74) is -2.00. The standard InChI is InChI=1S/C8H19OPS2/c1-6-7-11-10(5,9)12-8(2,3)4/h6-7H2,1-5H3. The van der Waals surface area contributed by atoms with Gasteiger partial charge in [0.2, 0.25) is 0 Å². The van der Waals surface area contributed by atoms with E-state index in [0.717, 1.165) is 12.2 Å². The SMILES string of the molecule is CCCSP(C)(=O)SC(C)(C)C. The normalized spacial score (nSPS) is 17.4. The molecule has 0 aliphatic carbocycles. The molecule has 0 spiro atoms. The van der Waals surface area contributed by atoms with Crippen molar-refractivity contribution in [3.63, 3.8) is 0 Å². The van der Waals surface area contributed by atoms with Gasteiger partial charge < -0.3 is 4.57 Å². The zero-order valence-corrected chi connectivity index (χ0v) is 11.1. The summed E-state index contributed by atoms with van der Waals surface area (Å²) < 4.78 is 12.0. The minimum atomic E-state index is -2.00. The van der Waals surface area contributed by atoms with Crippen LogP contribution < -0.4 is 0 Å². The van der Waals surface area contributed by atoms with E-state index in [4.69, 9.17) is 0 Å². The van der Waals surface area contributed by atoms with Crippen LogP contribution in [0.4, 0.5) is 0 Å². The van der Waals surface area contributed by atoms with Crippen LogP contribution in [0.15, 0.2) is 0 Å². The lowest BCUT2D eigenvalue weighted by atomic mass is 10.3. The summed E-state index contributed by atoms with van der Waals surface area (Å²) in [5.74, 6) is 1.01. The van der Waals surface area contributed by atoms with E-state index in [1.807, 2.05) is 6.66 Å². The van der Waals surface area contributed by atoms with Crippen LogP contribution in [0.3, 0.4) is 0 Å². The zero-order valence-electron chi connectivity index (χ0n) is 8.59. The van der Waals surface area contributed by atoms with Crippen molar-refractivity contribution < 1.29 is 4.57 Å². The van der Waals surface area contributed by atoms with Gasteiger partial charge in [0.1, 0.15) is 0 Å². The summed E-state index contributed by atoms with van der Waals surface area (Å²) in [7, 11) is 0. The second kappa shape index (κ2) is 4.97. The molecule has 1 atom stereocenters. The van der Waals surface area contributed by atoms with Crippen LogP contribution in [0.5, 0.6) is 0 Å². The van der Waals surface area contributed by atoms with Crippen molar-refractivity contribution in [2.45, 2.75) is 38.9 Å². The lowest BCUT2D eigenvalue weighted by Gasteiger charge is -2.22. The highest BCUT2D eigenvalue weighted by atomic mass is 33.1. The predicted molar refractivity (Wildman–Crippen MR) is 63.6 cm³/mol. The van der Waals surface area contributed by atoms with Gasteiger partial charge in [0.05, 0.1) is 0 Å². The summed E-state index contributed by atoms with van der Waals surface area (Å²) in [6.07, 6.45) is 1.10. The second-order valence-corrected chi connectivity index (χ2v) is 13.6. The van der Waals surface area contributed by atoms with Gasteiger partial charge in [-0.05, 0) is 6.42 Å². The molecule has 0 amide bonds. The predicted octanol–water partition coefficient (Wildman–Crippen LogP) is 4.48. The molecule has 0 saturated heterocycles. The fourth-order valence-electron chi connectivity index (χ4n) is 0.781. The molecule has 12 heavy (non-hydrogen) atoms. The van der Waals surface area contributed by atoms with Crippen molar-refractivity contribution in [3.05, 3.63) is 0 Å². The monoisotopic (exact) mass is 226 g/mol. The minimum Gasteiger partial charge on any atom is -0.301 e. The summed E-state index contributed by atoms with van der Waals surface area (Å²) in [5, 5.41) is 0. The van der Waals surface area contributed by atoms with E-state index in [2.05, 4.69) is 27.7 Å². The van der Waals surface area contributed by atoms with E-state index >= 15 is 0 Å². The number of hydrogen-bond acceptors (Lipinski definition) is 3. The molecule has 4 heteroatoms. The minimum absolute atomic E-state index is 0.116. The van der Waals surface area contributed by atoms with E-state index in [0.29, 0.717) is 0 Å². The van der Waals surface area contributed by atoms with E-state index in [9.17, 15) is 4.57 Å². The largest absolute Gasteiger partial charge is 0.301 e. The molecule has 74 valence electrons. The summed E-state index contributed by atoms with van der Waals surface area (Å²) >= 11 is 3.24. The van der Waals surface area contributed by atoms with Crippen molar-refractivity contribution >= 4 is 28.3 Å². The van der Waals surface area contributed by atoms with E-state index in [1.54, 1.807) is 22.8 Å². The first-order valence-corrected chi connectivity index (χ1v) is 9.36. The fourth-order valence-corrected chi connectivity index (χ4v) is 10.2. The molecule has 0 rings (SSSR count). The molecule has 0 aliphatic heterocycles. The Balaban J connectivity index is 3.96. The van der Waals surface area contributed by atoms with Crippen molar-refractivity contribution in [1.82, 2.24) is 0 Å². The van der Waals surface area contributed by atoms with E-state index in [-0.39, 0.29) is 4.75 Å². The Kier molecular flexibility index (Phi) is 5.36. The molecule has 0 radical (unpaired) electrons. The molecule has 0 N–H and O–H groups in total. The van der Waals surface area contributed by atoms with Crippen LogP contribution in [0.25, 0.3) is 0 Å². The van der Waals surface area contributed by atoms with Gasteiger partial charge in [-0.15, -0.1) is 0 Å². The molecule has 0 aromatic rings. The van der Waals surface area contributed by atoms with Crippen molar-refractivity contribution in [2.24, 2.45) is 0 Å². The molecule has 0 heterocycles. The average Bonchev–Trinajstić information content (AvgIpc) is 1.78. The third-order valence-electron chi connectivity index (χ3n) is 0.970. The highest BCUT2D eigenvalue weighted by molar-refractivity contribution is 8.90. The van der Waals surface area contributed by atoms with Gasteiger partial charge in [0, 0.05) is 17.2 Å². The van der Waals surface area contributed by atoms with Crippen LogP contribution in [0, 0.1) is 0 Å². The van der Waals surface area contributed by atoms with Gasteiger partial charge in [-0.3, -0.25) is 0 Å². The van der Waals surface area contributed by atoms with Gasteiger partial charge in [0.25, 0.3) is 0 Å². The summed E-state index contributed by atoms with van der Waals surface area (Å²) in [4.78, 5) is 0. The lowest BCUT2D eigenvalue weighted by molar-refractivity contribution is 0.596. The Labute approximate surface area is 84.3 Å². The number of rotatable bonds is 4. The van der Waals surface area contributed by atoms with Crippen molar-refractivity contribution in [1.29, 1.82) is 0 Å². The fraction of sp³-hybridized carbons (Fsp3) is 1.00. The smallest absolute Gasteiger partial charge is 0.188 e. The van der Waals surface area contributed by atoms with Crippen molar-refractivity contribution in [2.75, 3.05) is 12.4 Å². The molecular weight excluding hydrogens is 207 g/mol. The zero-order chi connectivity index (χ0) is 9.83.